The fourth-order valence-electron chi connectivity index (χ4n) is 2.80. The molecule has 3 nitrogen and oxygen atoms in total. The van der Waals surface area contributed by atoms with Gasteiger partial charge in [0, 0.05) is 13.0 Å². The van der Waals surface area contributed by atoms with Gasteiger partial charge in [-0.25, -0.2) is 0 Å². The lowest BCUT2D eigenvalue weighted by Crippen LogP contribution is -2.45. The normalized spacial score (nSPS) is 25.4. The minimum atomic E-state index is 0.143. The zero-order chi connectivity index (χ0) is 11.6. The van der Waals surface area contributed by atoms with Crippen molar-refractivity contribution in [1.29, 1.82) is 0 Å². The first-order valence-electron chi connectivity index (χ1n) is 6.54. The molecule has 0 aromatic heterocycles. The summed E-state index contributed by atoms with van der Waals surface area (Å²) in [5.41, 5.74) is 6.28. The molecule has 0 unspecified atom stereocenters. The predicted molar refractivity (Wildman–Crippen MR) is 64.9 cm³/mol. The quantitative estimate of drug-likeness (QED) is 0.748. The Morgan fingerprint density at radius 3 is 2.25 bits per heavy atom. The molecule has 0 radical (unpaired) electrons. The van der Waals surface area contributed by atoms with Crippen molar-refractivity contribution >= 4 is 5.91 Å². The first kappa shape index (κ1) is 11.9. The van der Waals surface area contributed by atoms with Crippen LogP contribution in [0.2, 0.25) is 0 Å². The van der Waals surface area contributed by atoms with Crippen LogP contribution in [-0.4, -0.2) is 19.0 Å². The highest BCUT2D eigenvalue weighted by Crippen LogP contribution is 2.43. The summed E-state index contributed by atoms with van der Waals surface area (Å²) in [7, 11) is 0. The molecule has 3 N–H and O–H groups in total. The molecule has 0 atom stereocenters. The minimum absolute atomic E-state index is 0.143. The summed E-state index contributed by atoms with van der Waals surface area (Å²) >= 11 is 0. The molecular weight excluding hydrogens is 200 g/mol. The molecule has 0 aliphatic heterocycles. The Hall–Kier alpha value is -0.570. The van der Waals surface area contributed by atoms with Gasteiger partial charge in [-0.2, -0.15) is 0 Å². The van der Waals surface area contributed by atoms with Gasteiger partial charge in [0.25, 0.3) is 0 Å². The fourth-order valence-corrected chi connectivity index (χ4v) is 2.80. The van der Waals surface area contributed by atoms with Crippen LogP contribution < -0.4 is 11.1 Å². The Bertz CT molecular complexity index is 262. The van der Waals surface area contributed by atoms with E-state index in [1.54, 1.807) is 0 Å². The van der Waals surface area contributed by atoms with Crippen LogP contribution in [-0.2, 0) is 4.79 Å². The first-order chi connectivity index (χ1) is 7.58. The molecule has 2 aliphatic carbocycles. The monoisotopic (exact) mass is 224 g/mol. The number of hydrogen-bond donors (Lipinski definition) is 2. The van der Waals surface area contributed by atoms with Gasteiger partial charge in [0.05, 0.1) is 0 Å². The van der Waals surface area contributed by atoms with Gasteiger partial charge in [0.15, 0.2) is 0 Å². The minimum Gasteiger partial charge on any atom is -0.356 e. The van der Waals surface area contributed by atoms with E-state index < -0.39 is 0 Å². The summed E-state index contributed by atoms with van der Waals surface area (Å²) in [5.74, 6) is 0.207. The largest absolute Gasteiger partial charge is 0.356 e. The Morgan fingerprint density at radius 1 is 1.25 bits per heavy atom. The van der Waals surface area contributed by atoms with Crippen molar-refractivity contribution in [3.8, 4) is 0 Å². The molecule has 92 valence electrons. The van der Waals surface area contributed by atoms with E-state index in [0.29, 0.717) is 18.4 Å². The third-order valence-electron chi connectivity index (χ3n) is 4.66. The standard InChI is InChI=1S/C13H24N2O/c1-12(4-2-5-12)10-15-11(16)8-13(9-14)6-3-7-13/h2-10,14H2,1H3,(H,15,16). The van der Waals surface area contributed by atoms with Crippen molar-refractivity contribution in [1.82, 2.24) is 5.32 Å². The number of rotatable bonds is 5. The molecule has 0 saturated heterocycles. The molecule has 1 amide bonds. The van der Waals surface area contributed by atoms with E-state index in [2.05, 4.69) is 12.2 Å². The van der Waals surface area contributed by atoms with Crippen molar-refractivity contribution < 1.29 is 4.79 Å². The summed E-state index contributed by atoms with van der Waals surface area (Å²) < 4.78 is 0. The maximum absolute atomic E-state index is 11.8. The van der Waals surface area contributed by atoms with E-state index in [9.17, 15) is 4.79 Å². The Balaban J connectivity index is 1.71. The van der Waals surface area contributed by atoms with Crippen LogP contribution in [0.1, 0.15) is 51.9 Å². The van der Waals surface area contributed by atoms with E-state index in [1.165, 1.54) is 25.7 Å². The highest BCUT2D eigenvalue weighted by Gasteiger charge is 2.38. The molecule has 2 fully saturated rings. The van der Waals surface area contributed by atoms with Gasteiger partial charge in [-0.1, -0.05) is 19.8 Å². The summed E-state index contributed by atoms with van der Waals surface area (Å²) in [6, 6.07) is 0. The van der Waals surface area contributed by atoms with Crippen molar-refractivity contribution in [3.05, 3.63) is 0 Å². The summed E-state index contributed by atoms with van der Waals surface area (Å²) in [6.45, 7) is 3.78. The van der Waals surface area contributed by atoms with Gasteiger partial charge in [0.1, 0.15) is 0 Å². The Labute approximate surface area is 98.2 Å². The number of nitrogens with two attached hydrogens (primary N) is 1. The number of hydrogen-bond acceptors (Lipinski definition) is 2. The number of amides is 1. The van der Waals surface area contributed by atoms with Crippen LogP contribution in [0.4, 0.5) is 0 Å². The topological polar surface area (TPSA) is 55.1 Å². The second-order valence-corrected chi connectivity index (χ2v) is 6.18. The maximum atomic E-state index is 11.8. The molecule has 0 aromatic rings. The van der Waals surface area contributed by atoms with Crippen molar-refractivity contribution in [2.75, 3.05) is 13.1 Å². The number of nitrogens with one attached hydrogen (secondary N) is 1. The lowest BCUT2D eigenvalue weighted by Gasteiger charge is -2.41. The Kier molecular flexibility index (Phi) is 3.24. The first-order valence-corrected chi connectivity index (χ1v) is 6.54. The molecule has 0 spiro atoms. The molecule has 2 saturated carbocycles. The molecule has 16 heavy (non-hydrogen) atoms. The lowest BCUT2D eigenvalue weighted by atomic mass is 9.66. The zero-order valence-corrected chi connectivity index (χ0v) is 10.3. The number of carbonyl (C=O) groups is 1. The maximum Gasteiger partial charge on any atom is 0.220 e. The van der Waals surface area contributed by atoms with Crippen molar-refractivity contribution in [2.45, 2.75) is 51.9 Å². The average Bonchev–Trinajstić information content (AvgIpc) is 2.18. The van der Waals surface area contributed by atoms with E-state index in [0.717, 1.165) is 19.4 Å². The second-order valence-electron chi connectivity index (χ2n) is 6.18. The average molecular weight is 224 g/mol. The molecule has 0 bridgehead atoms. The van der Waals surface area contributed by atoms with Gasteiger partial charge < -0.3 is 11.1 Å². The van der Waals surface area contributed by atoms with Crippen LogP contribution >= 0.6 is 0 Å². The van der Waals surface area contributed by atoms with Crippen LogP contribution in [0.15, 0.2) is 0 Å². The highest BCUT2D eigenvalue weighted by atomic mass is 16.1. The third kappa shape index (κ3) is 2.40. The predicted octanol–water partition coefficient (Wildman–Crippen LogP) is 1.81. The van der Waals surface area contributed by atoms with Gasteiger partial charge >= 0.3 is 0 Å². The van der Waals surface area contributed by atoms with Gasteiger partial charge in [-0.3, -0.25) is 4.79 Å². The zero-order valence-electron chi connectivity index (χ0n) is 10.3. The molecular formula is C13H24N2O. The van der Waals surface area contributed by atoms with Gasteiger partial charge in [-0.15, -0.1) is 0 Å². The smallest absolute Gasteiger partial charge is 0.220 e. The van der Waals surface area contributed by atoms with Crippen LogP contribution in [0.3, 0.4) is 0 Å². The summed E-state index contributed by atoms with van der Waals surface area (Å²) in [4.78, 5) is 11.8. The van der Waals surface area contributed by atoms with E-state index >= 15 is 0 Å². The molecule has 3 heteroatoms. The molecule has 2 aliphatic rings. The summed E-state index contributed by atoms with van der Waals surface area (Å²) in [6.07, 6.45) is 7.98. The highest BCUT2D eigenvalue weighted by molar-refractivity contribution is 5.76. The van der Waals surface area contributed by atoms with Gasteiger partial charge in [0.2, 0.25) is 5.91 Å². The fraction of sp³-hybridized carbons (Fsp3) is 0.923. The van der Waals surface area contributed by atoms with Gasteiger partial charge in [-0.05, 0) is 43.1 Å². The lowest BCUT2D eigenvalue weighted by molar-refractivity contribution is -0.125. The Morgan fingerprint density at radius 2 is 1.88 bits per heavy atom. The molecule has 0 aromatic carbocycles. The van der Waals surface area contributed by atoms with Crippen LogP contribution in [0, 0.1) is 10.8 Å². The second kappa shape index (κ2) is 4.36. The SMILES string of the molecule is CC1(CNC(=O)CC2(CN)CCC2)CCC1. The van der Waals surface area contributed by atoms with E-state index in [4.69, 9.17) is 5.73 Å². The third-order valence-corrected chi connectivity index (χ3v) is 4.66. The van der Waals surface area contributed by atoms with E-state index in [1.807, 2.05) is 0 Å². The summed E-state index contributed by atoms with van der Waals surface area (Å²) in [5, 5.41) is 3.09. The molecule has 0 heterocycles. The van der Waals surface area contributed by atoms with Crippen LogP contribution in [0.5, 0.6) is 0 Å². The van der Waals surface area contributed by atoms with Crippen molar-refractivity contribution in [3.63, 3.8) is 0 Å². The van der Waals surface area contributed by atoms with Crippen LogP contribution in [0.25, 0.3) is 0 Å². The number of carbonyl (C=O) groups excluding carboxylic acids is 1. The molecule has 2 rings (SSSR count). The van der Waals surface area contributed by atoms with Crippen molar-refractivity contribution in [2.24, 2.45) is 16.6 Å². The van der Waals surface area contributed by atoms with E-state index in [-0.39, 0.29) is 11.3 Å².